The first-order valence-corrected chi connectivity index (χ1v) is 9.62. The summed E-state index contributed by atoms with van der Waals surface area (Å²) in [4.78, 5) is 26.2. The van der Waals surface area contributed by atoms with Crippen molar-refractivity contribution in [3.05, 3.63) is 0 Å². The Morgan fingerprint density at radius 3 is 2.46 bits per heavy atom. The average molecular weight is 403 g/mol. The molecular formula is C19H28F3N3O3. The number of aliphatic hydroxyl groups is 1. The molecule has 28 heavy (non-hydrogen) atoms. The van der Waals surface area contributed by atoms with E-state index in [0.29, 0.717) is 19.3 Å². The number of likely N-dealkylation sites (tertiary alicyclic amines) is 1. The minimum absolute atomic E-state index is 0.0457. The first kappa shape index (κ1) is 22.5. The maximum absolute atomic E-state index is 13.3. The molecule has 9 heteroatoms. The highest BCUT2D eigenvalue weighted by Gasteiger charge is 2.61. The Bertz CT molecular complexity index is 659. The lowest BCUT2D eigenvalue weighted by molar-refractivity contribution is -0.176. The molecule has 6 nitrogen and oxygen atoms in total. The number of hydrogen-bond donors (Lipinski definition) is 2. The van der Waals surface area contributed by atoms with Crippen molar-refractivity contribution in [1.82, 2.24) is 10.2 Å². The van der Waals surface area contributed by atoms with Crippen molar-refractivity contribution in [1.29, 1.82) is 5.26 Å². The third-order valence-corrected chi connectivity index (χ3v) is 6.01. The van der Waals surface area contributed by atoms with Crippen molar-refractivity contribution in [2.45, 2.75) is 83.8 Å². The van der Waals surface area contributed by atoms with Crippen LogP contribution in [-0.2, 0) is 9.59 Å². The predicted molar refractivity (Wildman–Crippen MR) is 94.6 cm³/mol. The fourth-order valence-corrected chi connectivity index (χ4v) is 4.44. The lowest BCUT2D eigenvalue weighted by Crippen LogP contribution is -2.59. The molecule has 2 amide bonds. The average Bonchev–Trinajstić information content (AvgIpc) is 3.03. The van der Waals surface area contributed by atoms with Crippen LogP contribution < -0.4 is 5.32 Å². The van der Waals surface area contributed by atoms with E-state index in [9.17, 15) is 33.1 Å². The van der Waals surface area contributed by atoms with E-state index >= 15 is 0 Å². The van der Waals surface area contributed by atoms with Crippen LogP contribution in [0.25, 0.3) is 0 Å². The largest absolute Gasteiger partial charge is 0.471 e. The molecule has 0 spiro atoms. The van der Waals surface area contributed by atoms with Crippen LogP contribution in [0.3, 0.4) is 0 Å². The summed E-state index contributed by atoms with van der Waals surface area (Å²) in [5.41, 5.74) is -1.14. The summed E-state index contributed by atoms with van der Waals surface area (Å²) < 4.78 is 38.6. The van der Waals surface area contributed by atoms with Crippen LogP contribution in [0.4, 0.5) is 13.2 Å². The molecule has 2 fully saturated rings. The molecule has 0 bridgehead atoms. The summed E-state index contributed by atoms with van der Waals surface area (Å²) in [5.74, 6) is -2.53. The van der Waals surface area contributed by atoms with Crippen molar-refractivity contribution >= 4 is 11.8 Å². The zero-order valence-corrected chi connectivity index (χ0v) is 16.6. The number of rotatable bonds is 7. The number of nitrogens with one attached hydrogen (secondary N) is 1. The molecule has 1 saturated carbocycles. The van der Waals surface area contributed by atoms with Crippen LogP contribution in [0.15, 0.2) is 0 Å². The van der Waals surface area contributed by atoms with E-state index in [-0.39, 0.29) is 24.3 Å². The van der Waals surface area contributed by atoms with Gasteiger partial charge in [0, 0.05) is 6.04 Å². The Labute approximate surface area is 163 Å². The van der Waals surface area contributed by atoms with Gasteiger partial charge in [0.2, 0.25) is 5.91 Å². The van der Waals surface area contributed by atoms with Crippen molar-refractivity contribution in [2.75, 3.05) is 0 Å². The van der Waals surface area contributed by atoms with E-state index in [2.05, 4.69) is 0 Å². The second-order valence-corrected chi connectivity index (χ2v) is 8.68. The van der Waals surface area contributed by atoms with Crippen LogP contribution in [0.5, 0.6) is 0 Å². The first-order chi connectivity index (χ1) is 12.8. The van der Waals surface area contributed by atoms with Crippen LogP contribution in [0.1, 0.15) is 53.4 Å². The second-order valence-electron chi connectivity index (χ2n) is 8.68. The van der Waals surface area contributed by atoms with E-state index in [1.165, 1.54) is 4.90 Å². The van der Waals surface area contributed by atoms with Gasteiger partial charge in [-0.25, -0.2) is 0 Å². The number of hydrogen-bond acceptors (Lipinski definition) is 4. The van der Waals surface area contributed by atoms with E-state index < -0.39 is 41.6 Å². The molecule has 2 N–H and O–H groups in total. The smallest absolute Gasteiger partial charge is 0.393 e. The molecule has 0 aromatic heterocycles. The molecule has 2 rings (SSSR count). The van der Waals surface area contributed by atoms with Gasteiger partial charge in [-0.05, 0) is 36.5 Å². The van der Waals surface area contributed by atoms with Crippen molar-refractivity contribution in [2.24, 2.45) is 17.3 Å². The fraction of sp³-hybridized carbons (Fsp3) is 0.842. The van der Waals surface area contributed by atoms with Crippen molar-refractivity contribution < 1.29 is 27.9 Å². The third-order valence-electron chi connectivity index (χ3n) is 6.01. The highest BCUT2D eigenvalue weighted by Crippen LogP contribution is 2.53. The summed E-state index contributed by atoms with van der Waals surface area (Å²) in [6, 6.07) is -0.332. The zero-order valence-electron chi connectivity index (χ0n) is 16.6. The van der Waals surface area contributed by atoms with Crippen molar-refractivity contribution in [3.63, 3.8) is 0 Å². The number of halogens is 3. The second kappa shape index (κ2) is 7.90. The van der Waals surface area contributed by atoms with E-state index in [1.54, 1.807) is 13.8 Å². The Hall–Kier alpha value is -1.82. The van der Waals surface area contributed by atoms with Crippen LogP contribution >= 0.6 is 0 Å². The summed E-state index contributed by atoms with van der Waals surface area (Å²) in [6.07, 6.45) is -4.29. The molecule has 158 valence electrons. The monoisotopic (exact) mass is 403 g/mol. The number of nitrogens with zero attached hydrogens (tertiary/aromatic N) is 2. The van der Waals surface area contributed by atoms with E-state index in [0.717, 1.165) is 0 Å². The topological polar surface area (TPSA) is 93.4 Å². The van der Waals surface area contributed by atoms with E-state index in [1.807, 2.05) is 25.2 Å². The van der Waals surface area contributed by atoms with Gasteiger partial charge in [0.1, 0.15) is 12.1 Å². The number of fused-ring (bicyclic) bond motifs is 1. The maximum Gasteiger partial charge on any atom is 0.471 e. The number of alkyl halides is 3. The number of amides is 2. The summed E-state index contributed by atoms with van der Waals surface area (Å²) in [5, 5.41) is 21.4. The normalized spacial score (nSPS) is 28.9. The highest BCUT2D eigenvalue weighted by atomic mass is 19.4. The number of carbonyl (C=O) groups excluding carboxylic acids is 2. The molecular weight excluding hydrogens is 375 g/mol. The van der Waals surface area contributed by atoms with Gasteiger partial charge < -0.3 is 15.3 Å². The Morgan fingerprint density at radius 1 is 1.36 bits per heavy atom. The molecule has 6 atom stereocenters. The predicted octanol–water partition coefficient (Wildman–Crippen LogP) is 2.37. The quantitative estimate of drug-likeness (QED) is 0.683. The number of piperidine rings is 1. The van der Waals surface area contributed by atoms with Crippen LogP contribution in [-0.4, -0.2) is 52.2 Å². The fourth-order valence-electron chi connectivity index (χ4n) is 4.44. The Balaban J connectivity index is 2.30. The number of aliphatic hydroxyl groups excluding tert-OH is 1. The molecule has 1 aliphatic carbocycles. The standard InChI is InChI=1S/C19H28F3N3O3/c1-5-6-12(26)8-18(3,4)15(24-17(28)19(20,21)22)16(27)25-11(9-23)7-13-10(2)14(13)25/h10-15,26H,5-8H2,1-4H3,(H,24,28)/t10-,11-,12?,13?,14?,15+/m0/s1. The molecule has 1 heterocycles. The summed E-state index contributed by atoms with van der Waals surface area (Å²) >= 11 is 0. The van der Waals surface area contributed by atoms with Crippen LogP contribution in [0, 0.1) is 28.6 Å². The molecule has 3 unspecified atom stereocenters. The lowest BCUT2D eigenvalue weighted by atomic mass is 9.77. The Morgan fingerprint density at radius 2 is 1.96 bits per heavy atom. The lowest BCUT2D eigenvalue weighted by Gasteiger charge is -2.39. The van der Waals surface area contributed by atoms with Gasteiger partial charge in [0.15, 0.2) is 0 Å². The molecule has 0 aromatic rings. The minimum atomic E-state index is -5.13. The van der Waals surface area contributed by atoms with Gasteiger partial charge in [-0.2, -0.15) is 18.4 Å². The molecule has 1 saturated heterocycles. The SMILES string of the molecule is CCCC(O)CC(C)(C)[C@H](NC(=O)C(F)(F)F)C(=O)N1C2C(C[C@H]1C#N)[C@@H]2C. The van der Waals surface area contributed by atoms with Gasteiger partial charge in [0.25, 0.3) is 0 Å². The van der Waals surface area contributed by atoms with Gasteiger partial charge in [-0.15, -0.1) is 0 Å². The van der Waals surface area contributed by atoms with Crippen molar-refractivity contribution in [3.8, 4) is 6.07 Å². The molecule has 2 aliphatic rings. The maximum atomic E-state index is 13.3. The Kier molecular flexibility index (Phi) is 6.34. The molecule has 1 aliphatic heterocycles. The molecule has 0 radical (unpaired) electrons. The van der Waals surface area contributed by atoms with E-state index in [4.69, 9.17) is 0 Å². The van der Waals surface area contributed by atoms with Gasteiger partial charge in [0.05, 0.1) is 12.2 Å². The zero-order chi connectivity index (χ0) is 21.4. The summed E-state index contributed by atoms with van der Waals surface area (Å²) in [6.45, 7) is 6.90. The number of carbonyl (C=O) groups is 2. The van der Waals surface area contributed by atoms with Crippen LogP contribution in [0.2, 0.25) is 0 Å². The number of nitriles is 1. The first-order valence-electron chi connectivity index (χ1n) is 9.62. The molecule has 0 aromatic carbocycles. The van der Waals surface area contributed by atoms with Gasteiger partial charge >= 0.3 is 12.1 Å². The third kappa shape index (κ3) is 4.43. The van der Waals surface area contributed by atoms with Gasteiger partial charge in [-0.1, -0.05) is 34.1 Å². The highest BCUT2D eigenvalue weighted by molar-refractivity contribution is 5.91. The summed E-state index contributed by atoms with van der Waals surface area (Å²) in [7, 11) is 0. The minimum Gasteiger partial charge on any atom is -0.393 e. The van der Waals surface area contributed by atoms with Gasteiger partial charge in [-0.3, -0.25) is 9.59 Å².